The van der Waals surface area contributed by atoms with Crippen LogP contribution in [-0.4, -0.2) is 23.9 Å². The van der Waals surface area contributed by atoms with Crippen LogP contribution in [0.2, 0.25) is 0 Å². The lowest BCUT2D eigenvalue weighted by atomic mass is 10.1. The molecule has 0 radical (unpaired) electrons. The molecule has 2 rings (SSSR count). The van der Waals surface area contributed by atoms with Crippen LogP contribution in [0.1, 0.15) is 29.2 Å². The summed E-state index contributed by atoms with van der Waals surface area (Å²) in [7, 11) is 0. The maximum Gasteiger partial charge on any atom is 0.306 e. The van der Waals surface area contributed by atoms with Crippen LogP contribution in [0.15, 0.2) is 48.5 Å². The maximum absolute atomic E-state index is 10.6. The first-order valence-corrected chi connectivity index (χ1v) is 7.71. The largest absolute Gasteiger partial charge is 0.493 e. The van der Waals surface area contributed by atoms with Gasteiger partial charge in [-0.1, -0.05) is 42.5 Å². The molecule has 2 aromatic carbocycles. The van der Waals surface area contributed by atoms with Crippen molar-refractivity contribution in [2.24, 2.45) is 0 Å². The molecule has 0 aliphatic rings. The highest BCUT2D eigenvalue weighted by Crippen LogP contribution is 2.25. The van der Waals surface area contributed by atoms with E-state index >= 15 is 0 Å². The molecule has 0 aromatic heterocycles. The van der Waals surface area contributed by atoms with E-state index in [1.807, 2.05) is 49.4 Å². The quantitative estimate of drug-likeness (QED) is 0.687. The number of hydrogen-bond acceptors (Lipinski definition) is 4. The minimum atomic E-state index is -0.896. The van der Waals surface area contributed by atoms with Crippen molar-refractivity contribution in [2.45, 2.75) is 26.1 Å². The SMILES string of the molecule is Cc1ccc(C(C=N)OCc2ccccc2)cc1OCCC(=O)O. The summed E-state index contributed by atoms with van der Waals surface area (Å²) in [5, 5.41) is 16.3. The second-order valence-corrected chi connectivity index (χ2v) is 5.40. The van der Waals surface area contributed by atoms with E-state index < -0.39 is 12.1 Å². The Hall–Kier alpha value is -2.66. The number of aryl methyl sites for hydroxylation is 1. The first-order chi connectivity index (χ1) is 11.6. The molecule has 0 fully saturated rings. The molecule has 1 atom stereocenters. The Balaban J connectivity index is 2.04. The maximum atomic E-state index is 10.6. The van der Waals surface area contributed by atoms with E-state index in [1.165, 1.54) is 6.21 Å². The number of aliphatic carboxylic acids is 1. The van der Waals surface area contributed by atoms with Gasteiger partial charge >= 0.3 is 5.97 Å². The average Bonchev–Trinajstić information content (AvgIpc) is 2.58. The van der Waals surface area contributed by atoms with Crippen molar-refractivity contribution in [1.29, 1.82) is 5.41 Å². The molecule has 1 unspecified atom stereocenters. The number of nitrogens with one attached hydrogen (secondary N) is 1. The summed E-state index contributed by atoms with van der Waals surface area (Å²) < 4.78 is 11.3. The Bertz CT molecular complexity index is 685. The third kappa shape index (κ3) is 5.21. The number of benzene rings is 2. The monoisotopic (exact) mass is 327 g/mol. The zero-order valence-corrected chi connectivity index (χ0v) is 13.6. The van der Waals surface area contributed by atoms with Gasteiger partial charge in [-0.15, -0.1) is 0 Å². The number of carboxylic acids is 1. The van der Waals surface area contributed by atoms with Gasteiger partial charge in [-0.25, -0.2) is 0 Å². The van der Waals surface area contributed by atoms with Crippen LogP contribution >= 0.6 is 0 Å². The predicted molar refractivity (Wildman–Crippen MR) is 91.7 cm³/mol. The van der Waals surface area contributed by atoms with Crippen LogP contribution in [0.4, 0.5) is 0 Å². The molecule has 5 heteroatoms. The van der Waals surface area contributed by atoms with Gasteiger partial charge in [0, 0.05) is 6.21 Å². The number of rotatable bonds is 9. The molecule has 0 amide bonds. The van der Waals surface area contributed by atoms with Crippen LogP contribution < -0.4 is 4.74 Å². The molecule has 24 heavy (non-hydrogen) atoms. The third-order valence-electron chi connectivity index (χ3n) is 3.54. The molecule has 2 N–H and O–H groups in total. The summed E-state index contributed by atoms with van der Waals surface area (Å²) in [4.78, 5) is 10.6. The van der Waals surface area contributed by atoms with Crippen LogP contribution in [0, 0.1) is 12.3 Å². The summed E-state index contributed by atoms with van der Waals surface area (Å²) in [5.41, 5.74) is 2.75. The molecule has 126 valence electrons. The zero-order chi connectivity index (χ0) is 17.4. The van der Waals surface area contributed by atoms with E-state index in [0.717, 1.165) is 16.7 Å². The van der Waals surface area contributed by atoms with Gasteiger partial charge < -0.3 is 20.0 Å². The Morgan fingerprint density at radius 3 is 2.67 bits per heavy atom. The number of ether oxygens (including phenoxy) is 2. The van der Waals surface area contributed by atoms with Gasteiger partial charge in [-0.05, 0) is 29.7 Å². The van der Waals surface area contributed by atoms with Crippen molar-refractivity contribution in [2.75, 3.05) is 6.61 Å². The van der Waals surface area contributed by atoms with Gasteiger partial charge in [-0.2, -0.15) is 0 Å². The zero-order valence-electron chi connectivity index (χ0n) is 13.6. The minimum absolute atomic E-state index is 0.0534. The van der Waals surface area contributed by atoms with Crippen molar-refractivity contribution in [3.63, 3.8) is 0 Å². The number of hydrogen-bond donors (Lipinski definition) is 2. The Morgan fingerprint density at radius 1 is 1.25 bits per heavy atom. The fourth-order valence-corrected chi connectivity index (χ4v) is 2.20. The van der Waals surface area contributed by atoms with Gasteiger partial charge in [0.15, 0.2) is 0 Å². The topological polar surface area (TPSA) is 79.6 Å². The second-order valence-electron chi connectivity index (χ2n) is 5.40. The van der Waals surface area contributed by atoms with Gasteiger partial charge in [-0.3, -0.25) is 4.79 Å². The third-order valence-corrected chi connectivity index (χ3v) is 3.54. The van der Waals surface area contributed by atoms with Crippen molar-refractivity contribution in [1.82, 2.24) is 0 Å². The number of carbonyl (C=O) groups is 1. The van der Waals surface area contributed by atoms with Gasteiger partial charge in [0.25, 0.3) is 0 Å². The first kappa shape index (κ1) is 17.7. The molecule has 0 saturated heterocycles. The normalized spacial score (nSPS) is 11.7. The summed E-state index contributed by atoms with van der Waals surface area (Å²) in [6, 6.07) is 15.3. The van der Waals surface area contributed by atoms with Crippen LogP contribution in [0.5, 0.6) is 5.75 Å². The second kappa shape index (κ2) is 8.84. The van der Waals surface area contributed by atoms with E-state index in [2.05, 4.69) is 0 Å². The van der Waals surface area contributed by atoms with E-state index in [-0.39, 0.29) is 13.0 Å². The van der Waals surface area contributed by atoms with Gasteiger partial charge in [0.2, 0.25) is 0 Å². The molecule has 0 heterocycles. The number of carboxylic acid groups (broad SMARTS) is 1. The average molecular weight is 327 g/mol. The summed E-state index contributed by atoms with van der Waals surface area (Å²) >= 11 is 0. The van der Waals surface area contributed by atoms with Crippen LogP contribution in [0.25, 0.3) is 0 Å². The highest BCUT2D eigenvalue weighted by Gasteiger charge is 2.12. The minimum Gasteiger partial charge on any atom is -0.493 e. The lowest BCUT2D eigenvalue weighted by Gasteiger charge is -2.16. The smallest absolute Gasteiger partial charge is 0.306 e. The Labute approximate surface area is 141 Å². The highest BCUT2D eigenvalue weighted by molar-refractivity contribution is 5.66. The van der Waals surface area contributed by atoms with E-state index in [0.29, 0.717) is 12.4 Å². The molecule has 5 nitrogen and oxygen atoms in total. The standard InChI is InChI=1S/C19H21NO4/c1-14-7-8-16(11-17(14)23-10-9-19(21)22)18(12-20)24-13-15-5-3-2-4-6-15/h2-8,11-12,18,20H,9-10,13H2,1H3,(H,21,22). The van der Waals surface area contributed by atoms with E-state index in [1.54, 1.807) is 6.07 Å². The lowest BCUT2D eigenvalue weighted by Crippen LogP contribution is -2.08. The highest BCUT2D eigenvalue weighted by atomic mass is 16.5. The fourth-order valence-electron chi connectivity index (χ4n) is 2.20. The van der Waals surface area contributed by atoms with E-state index in [4.69, 9.17) is 20.0 Å². The fraction of sp³-hybridized carbons (Fsp3) is 0.263. The van der Waals surface area contributed by atoms with Crippen LogP contribution in [0.3, 0.4) is 0 Å². The van der Waals surface area contributed by atoms with E-state index in [9.17, 15) is 4.79 Å². The molecule has 2 aromatic rings. The Morgan fingerprint density at radius 2 is 2.00 bits per heavy atom. The Kier molecular flexibility index (Phi) is 6.51. The van der Waals surface area contributed by atoms with Crippen molar-refractivity contribution in [3.8, 4) is 5.75 Å². The molecule has 0 saturated carbocycles. The molecule has 0 aliphatic carbocycles. The molecule has 0 bridgehead atoms. The summed E-state index contributed by atoms with van der Waals surface area (Å²) in [6.45, 7) is 2.41. The molecular formula is C19H21NO4. The molecule has 0 spiro atoms. The summed E-state index contributed by atoms with van der Waals surface area (Å²) in [5.74, 6) is -0.281. The van der Waals surface area contributed by atoms with Gasteiger partial charge in [0.1, 0.15) is 11.9 Å². The molecular weight excluding hydrogens is 306 g/mol. The summed E-state index contributed by atoms with van der Waals surface area (Å²) in [6.07, 6.45) is 0.712. The predicted octanol–water partition coefficient (Wildman–Crippen LogP) is 3.76. The lowest BCUT2D eigenvalue weighted by molar-refractivity contribution is -0.137. The first-order valence-electron chi connectivity index (χ1n) is 7.71. The van der Waals surface area contributed by atoms with Crippen LogP contribution in [-0.2, 0) is 16.1 Å². The van der Waals surface area contributed by atoms with Crippen molar-refractivity contribution >= 4 is 12.2 Å². The van der Waals surface area contributed by atoms with Gasteiger partial charge in [0.05, 0.1) is 19.6 Å². The van der Waals surface area contributed by atoms with Crippen molar-refractivity contribution in [3.05, 3.63) is 65.2 Å². The van der Waals surface area contributed by atoms with Crippen molar-refractivity contribution < 1.29 is 19.4 Å². The molecule has 0 aliphatic heterocycles.